The first-order valence-corrected chi connectivity index (χ1v) is 14.3. The Balaban J connectivity index is 1.30. The van der Waals surface area contributed by atoms with E-state index < -0.39 is 11.8 Å². The molecular formula is C26H34IN5O4. The molecule has 0 aromatic heterocycles. The van der Waals surface area contributed by atoms with Crippen LogP contribution in [-0.2, 0) is 20.9 Å². The maximum atomic E-state index is 13.3. The molecule has 6 rings (SSSR count). The van der Waals surface area contributed by atoms with Gasteiger partial charge in [-0.25, -0.2) is 0 Å². The van der Waals surface area contributed by atoms with Crippen LogP contribution in [0.25, 0.3) is 0 Å². The number of carbonyl (C=O) groups excluding carboxylic acids is 3. The molecule has 0 radical (unpaired) electrons. The summed E-state index contributed by atoms with van der Waals surface area (Å²) in [5.74, 6) is -0.364. The molecule has 5 aliphatic heterocycles. The number of hydrogen-bond donors (Lipinski definition) is 4. The standard InChI is InChI=1S/C26H34IN5O4/c1-2-15-5-3-4-6-19-17-12-36-13-21(17)31-26(15,29-19)30-20-9-14-11-32(25(35)16(14)10-18(20)27)22-7-8-23(33)28-24(22)34/h9-10,15,17,19,21-22,29-31H,2-8,11-13H2,1H3,(H,28,33,34). The van der Waals surface area contributed by atoms with Crippen LogP contribution in [0.4, 0.5) is 5.69 Å². The largest absolute Gasteiger partial charge is 0.379 e. The van der Waals surface area contributed by atoms with Gasteiger partial charge in [-0.05, 0) is 66.0 Å². The molecule has 0 spiro atoms. The summed E-state index contributed by atoms with van der Waals surface area (Å²) in [6.45, 7) is 4.17. The van der Waals surface area contributed by atoms with Gasteiger partial charge in [-0.15, -0.1) is 0 Å². The monoisotopic (exact) mass is 607 g/mol. The first-order valence-electron chi connectivity index (χ1n) is 13.3. The van der Waals surface area contributed by atoms with E-state index in [4.69, 9.17) is 4.74 Å². The van der Waals surface area contributed by atoms with Crippen LogP contribution in [0, 0.1) is 15.4 Å². The van der Waals surface area contributed by atoms with Gasteiger partial charge in [0.1, 0.15) is 11.8 Å². The molecule has 0 aliphatic carbocycles. The molecule has 1 aromatic rings. The van der Waals surface area contributed by atoms with Gasteiger partial charge in [0.25, 0.3) is 5.91 Å². The summed E-state index contributed by atoms with van der Waals surface area (Å²) in [6, 6.07) is 4.13. The van der Waals surface area contributed by atoms with E-state index in [1.807, 2.05) is 6.07 Å². The van der Waals surface area contributed by atoms with E-state index in [9.17, 15) is 14.4 Å². The van der Waals surface area contributed by atoms with Crippen molar-refractivity contribution < 1.29 is 19.1 Å². The molecule has 4 N–H and O–H groups in total. The predicted octanol–water partition coefficient (Wildman–Crippen LogP) is 2.29. The number of nitrogens with zero attached hydrogens (tertiary/aromatic N) is 1. The number of benzene rings is 1. The summed E-state index contributed by atoms with van der Waals surface area (Å²) in [4.78, 5) is 38.9. The van der Waals surface area contributed by atoms with Crippen LogP contribution in [0.1, 0.15) is 67.8 Å². The van der Waals surface area contributed by atoms with Gasteiger partial charge in [0.15, 0.2) is 0 Å². The Morgan fingerprint density at radius 1 is 1.11 bits per heavy atom. The van der Waals surface area contributed by atoms with Gasteiger partial charge in [-0.3, -0.25) is 30.3 Å². The van der Waals surface area contributed by atoms with Gasteiger partial charge < -0.3 is 15.0 Å². The molecule has 6 atom stereocenters. The molecule has 5 aliphatic rings. The molecule has 3 amide bonds. The lowest BCUT2D eigenvalue weighted by Crippen LogP contribution is -2.77. The van der Waals surface area contributed by atoms with E-state index in [2.05, 4.69) is 56.8 Å². The second-order valence-corrected chi connectivity index (χ2v) is 12.1. The van der Waals surface area contributed by atoms with E-state index in [1.165, 1.54) is 12.8 Å². The number of amides is 3. The van der Waals surface area contributed by atoms with Crippen molar-refractivity contribution in [3.05, 3.63) is 26.8 Å². The summed E-state index contributed by atoms with van der Waals surface area (Å²) in [6.07, 6.45) is 6.42. The SMILES string of the molecule is CCC1CCCCC2NC1(Nc1cc3c(cc1I)C(=O)N(C1CCC(=O)NC1=O)C3)NC1COCC21. The van der Waals surface area contributed by atoms with Gasteiger partial charge in [0.2, 0.25) is 11.8 Å². The molecule has 194 valence electrons. The Kier molecular flexibility index (Phi) is 6.50. The minimum atomic E-state index is -0.605. The Bertz CT molecular complexity index is 1100. The van der Waals surface area contributed by atoms with Crippen LogP contribution >= 0.6 is 22.6 Å². The molecule has 6 unspecified atom stereocenters. The first-order chi connectivity index (χ1) is 17.4. The summed E-state index contributed by atoms with van der Waals surface area (Å²) in [7, 11) is 0. The van der Waals surface area contributed by atoms with E-state index >= 15 is 0 Å². The second kappa shape index (κ2) is 9.52. The van der Waals surface area contributed by atoms with Gasteiger partial charge in [0, 0.05) is 46.0 Å². The Hall–Kier alpha value is -1.76. The molecular weight excluding hydrogens is 573 g/mol. The predicted molar refractivity (Wildman–Crippen MR) is 142 cm³/mol. The molecule has 36 heavy (non-hydrogen) atoms. The molecule has 5 heterocycles. The Morgan fingerprint density at radius 3 is 2.72 bits per heavy atom. The number of nitrogens with one attached hydrogen (secondary N) is 4. The Morgan fingerprint density at radius 2 is 1.92 bits per heavy atom. The van der Waals surface area contributed by atoms with Crippen LogP contribution in [0.2, 0.25) is 0 Å². The van der Waals surface area contributed by atoms with Crippen molar-refractivity contribution in [3.63, 3.8) is 0 Å². The number of anilines is 1. The summed E-state index contributed by atoms with van der Waals surface area (Å²) >= 11 is 2.30. The number of fused-ring (bicyclic) bond motifs is 5. The summed E-state index contributed by atoms with van der Waals surface area (Å²) in [5, 5.41) is 14.2. The van der Waals surface area contributed by atoms with Crippen molar-refractivity contribution in [2.45, 2.75) is 82.3 Å². The van der Waals surface area contributed by atoms with Crippen molar-refractivity contribution in [1.29, 1.82) is 0 Å². The maximum Gasteiger partial charge on any atom is 0.255 e. The third kappa shape index (κ3) is 4.13. The number of imide groups is 1. The van der Waals surface area contributed by atoms with E-state index in [1.54, 1.807) is 4.90 Å². The molecule has 1 aromatic carbocycles. The van der Waals surface area contributed by atoms with Crippen LogP contribution in [-0.4, -0.2) is 59.7 Å². The van der Waals surface area contributed by atoms with Crippen LogP contribution in [0.5, 0.6) is 0 Å². The molecule has 9 nitrogen and oxygen atoms in total. The number of hydrogen-bond acceptors (Lipinski definition) is 7. The highest BCUT2D eigenvalue weighted by Gasteiger charge is 2.51. The molecule has 10 heteroatoms. The lowest BCUT2D eigenvalue weighted by Gasteiger charge is -2.54. The normalized spacial score (nSPS) is 36.1. The fourth-order valence-electron chi connectivity index (χ4n) is 6.93. The van der Waals surface area contributed by atoms with Crippen molar-refractivity contribution >= 4 is 46.0 Å². The van der Waals surface area contributed by atoms with Crippen LogP contribution in [0.3, 0.4) is 0 Å². The zero-order chi connectivity index (χ0) is 25.0. The van der Waals surface area contributed by atoms with Gasteiger partial charge in [0.05, 0.1) is 18.9 Å². The van der Waals surface area contributed by atoms with Gasteiger partial charge in [-0.2, -0.15) is 0 Å². The van der Waals surface area contributed by atoms with E-state index in [0.29, 0.717) is 42.4 Å². The highest BCUT2D eigenvalue weighted by atomic mass is 127. The molecule has 2 bridgehead atoms. The smallest absolute Gasteiger partial charge is 0.255 e. The van der Waals surface area contributed by atoms with Gasteiger partial charge >= 0.3 is 0 Å². The van der Waals surface area contributed by atoms with E-state index in [-0.39, 0.29) is 24.1 Å². The molecule has 4 fully saturated rings. The Labute approximate surface area is 225 Å². The zero-order valence-corrected chi connectivity index (χ0v) is 22.7. The lowest BCUT2D eigenvalue weighted by atomic mass is 9.79. The third-order valence-corrected chi connectivity index (χ3v) is 9.73. The number of carbonyl (C=O) groups is 3. The summed E-state index contributed by atoms with van der Waals surface area (Å²) < 4.78 is 6.87. The number of ether oxygens (including phenoxy) is 1. The third-order valence-electron chi connectivity index (χ3n) is 8.83. The minimum absolute atomic E-state index is 0.139. The second-order valence-electron chi connectivity index (χ2n) is 10.9. The first kappa shape index (κ1) is 24.6. The zero-order valence-electron chi connectivity index (χ0n) is 20.6. The number of piperidine rings is 1. The average molecular weight is 607 g/mol. The number of halogens is 1. The van der Waals surface area contributed by atoms with Crippen molar-refractivity contribution in [2.24, 2.45) is 11.8 Å². The molecule has 0 saturated carbocycles. The maximum absolute atomic E-state index is 13.3. The van der Waals surface area contributed by atoms with Gasteiger partial charge in [-0.1, -0.05) is 19.8 Å². The van der Waals surface area contributed by atoms with Crippen molar-refractivity contribution in [1.82, 2.24) is 20.9 Å². The van der Waals surface area contributed by atoms with E-state index in [0.717, 1.165) is 47.3 Å². The highest BCUT2D eigenvalue weighted by Crippen LogP contribution is 2.39. The quantitative estimate of drug-likeness (QED) is 0.307. The number of rotatable bonds is 4. The minimum Gasteiger partial charge on any atom is -0.379 e. The van der Waals surface area contributed by atoms with Crippen LogP contribution < -0.4 is 21.3 Å². The lowest BCUT2D eigenvalue weighted by molar-refractivity contribution is -0.136. The fraction of sp³-hybridized carbons (Fsp3) is 0.654. The summed E-state index contributed by atoms with van der Waals surface area (Å²) in [5.41, 5.74) is 2.54. The van der Waals surface area contributed by atoms with Crippen molar-refractivity contribution in [3.8, 4) is 0 Å². The van der Waals surface area contributed by atoms with Crippen molar-refractivity contribution in [2.75, 3.05) is 18.5 Å². The average Bonchev–Trinajstić information content (AvgIpc) is 3.43. The molecule has 4 saturated heterocycles. The fourth-order valence-corrected chi connectivity index (χ4v) is 7.53. The topological polar surface area (TPSA) is 112 Å². The highest BCUT2D eigenvalue weighted by molar-refractivity contribution is 14.1. The van der Waals surface area contributed by atoms with Crippen LogP contribution in [0.15, 0.2) is 12.1 Å².